The summed E-state index contributed by atoms with van der Waals surface area (Å²) in [5.74, 6) is -0.107. The van der Waals surface area contributed by atoms with Gasteiger partial charge in [0.25, 0.3) is 0 Å². The van der Waals surface area contributed by atoms with E-state index in [1.54, 1.807) is 6.92 Å². The van der Waals surface area contributed by atoms with E-state index in [4.69, 9.17) is 10.5 Å². The average Bonchev–Trinajstić information content (AvgIpc) is 2.44. The molecule has 1 aromatic carbocycles. The molecule has 20 heavy (non-hydrogen) atoms. The minimum Gasteiger partial charge on any atom is -0.490 e. The number of methoxy groups -OCH3 is 1. The van der Waals surface area contributed by atoms with Crippen molar-refractivity contribution in [2.75, 3.05) is 20.7 Å². The number of ether oxygens (including phenoxy) is 1. The zero-order valence-corrected chi connectivity index (χ0v) is 12.3. The molecule has 0 aliphatic heterocycles. The fourth-order valence-corrected chi connectivity index (χ4v) is 2.91. The quantitative estimate of drug-likeness (QED) is 0.606. The predicted molar refractivity (Wildman–Crippen MR) is 73.1 cm³/mol. The molecule has 1 rings (SSSR count). The van der Waals surface area contributed by atoms with Gasteiger partial charge in [-0.25, -0.2) is 8.42 Å². The number of sulfonamides is 1. The van der Waals surface area contributed by atoms with E-state index >= 15 is 0 Å². The van der Waals surface area contributed by atoms with Crippen LogP contribution in [0.15, 0.2) is 23.1 Å². The van der Waals surface area contributed by atoms with E-state index in [2.05, 4.69) is 0 Å². The number of hydrogen-bond acceptors (Lipinski definition) is 6. The molecule has 0 saturated carbocycles. The zero-order chi connectivity index (χ0) is 15.5. The summed E-state index contributed by atoms with van der Waals surface area (Å²) in [6, 6.07) is 3.02. The lowest BCUT2D eigenvalue weighted by Crippen LogP contribution is -2.39. The van der Waals surface area contributed by atoms with E-state index in [1.165, 1.54) is 20.2 Å². The van der Waals surface area contributed by atoms with Crippen molar-refractivity contribution < 1.29 is 18.1 Å². The molecule has 9 heteroatoms. The first-order chi connectivity index (χ1) is 9.25. The largest absolute Gasteiger partial charge is 0.490 e. The summed E-state index contributed by atoms with van der Waals surface area (Å²) >= 11 is 0. The molecule has 0 bridgehead atoms. The maximum Gasteiger partial charge on any atom is 0.310 e. The van der Waals surface area contributed by atoms with Crippen molar-refractivity contribution in [3.63, 3.8) is 0 Å². The first-order valence-corrected chi connectivity index (χ1v) is 7.20. The third-order valence-corrected chi connectivity index (χ3v) is 4.95. The van der Waals surface area contributed by atoms with Gasteiger partial charge in [-0.05, 0) is 13.0 Å². The topological polar surface area (TPSA) is 116 Å². The number of nitrogens with two attached hydrogens (primary N) is 1. The van der Waals surface area contributed by atoms with Crippen LogP contribution in [0, 0.1) is 10.1 Å². The molecule has 0 aromatic heterocycles. The van der Waals surface area contributed by atoms with Gasteiger partial charge in [-0.2, -0.15) is 4.31 Å². The molecular weight excluding hydrogens is 286 g/mol. The van der Waals surface area contributed by atoms with E-state index in [-0.39, 0.29) is 28.9 Å². The Labute approximate surface area is 117 Å². The summed E-state index contributed by atoms with van der Waals surface area (Å²) in [5.41, 5.74) is 5.16. The van der Waals surface area contributed by atoms with Crippen LogP contribution in [0.1, 0.15) is 6.92 Å². The van der Waals surface area contributed by atoms with Gasteiger partial charge in [-0.1, -0.05) is 0 Å². The molecule has 0 fully saturated rings. The van der Waals surface area contributed by atoms with Gasteiger partial charge >= 0.3 is 5.69 Å². The number of nitro benzene ring substituents is 1. The minimum absolute atomic E-state index is 0.0808. The molecule has 0 amide bonds. The first-order valence-electron chi connectivity index (χ1n) is 5.76. The molecule has 0 saturated heterocycles. The monoisotopic (exact) mass is 303 g/mol. The third-order valence-electron chi connectivity index (χ3n) is 2.99. The molecule has 1 aromatic rings. The number of benzene rings is 1. The van der Waals surface area contributed by atoms with Gasteiger partial charge in [0.05, 0.1) is 16.9 Å². The lowest BCUT2D eigenvalue weighted by Gasteiger charge is -2.23. The highest BCUT2D eigenvalue weighted by Gasteiger charge is 2.27. The SMILES string of the molecule is COc1cc(S(=O)(=O)N(C)C(C)CN)ccc1[N+](=O)[O-]. The van der Waals surface area contributed by atoms with Crippen molar-refractivity contribution in [1.82, 2.24) is 4.31 Å². The number of rotatable bonds is 6. The molecule has 0 spiro atoms. The number of hydrogen-bond donors (Lipinski definition) is 1. The second kappa shape index (κ2) is 6.16. The van der Waals surface area contributed by atoms with Crippen LogP contribution in [0.4, 0.5) is 5.69 Å². The maximum atomic E-state index is 12.3. The van der Waals surface area contributed by atoms with Gasteiger partial charge in [0.15, 0.2) is 5.75 Å². The van der Waals surface area contributed by atoms with Crippen LogP contribution >= 0.6 is 0 Å². The number of nitro groups is 1. The van der Waals surface area contributed by atoms with Gasteiger partial charge in [-0.3, -0.25) is 10.1 Å². The smallest absolute Gasteiger partial charge is 0.310 e. The normalized spacial score (nSPS) is 13.2. The highest BCUT2D eigenvalue weighted by Crippen LogP contribution is 2.30. The summed E-state index contributed by atoms with van der Waals surface area (Å²) in [6.07, 6.45) is 0. The molecule has 0 aliphatic carbocycles. The lowest BCUT2D eigenvalue weighted by molar-refractivity contribution is -0.385. The van der Waals surface area contributed by atoms with E-state index < -0.39 is 14.9 Å². The van der Waals surface area contributed by atoms with Gasteiger partial charge in [0.2, 0.25) is 10.0 Å². The Morgan fingerprint density at radius 2 is 2.10 bits per heavy atom. The summed E-state index contributed by atoms with van der Waals surface area (Å²) in [6.45, 7) is 1.83. The predicted octanol–water partition coefficient (Wildman–Crippen LogP) is 0.571. The molecule has 1 unspecified atom stereocenters. The van der Waals surface area contributed by atoms with Crippen LogP contribution < -0.4 is 10.5 Å². The maximum absolute atomic E-state index is 12.3. The van der Waals surface area contributed by atoms with Gasteiger partial charge in [0.1, 0.15) is 0 Å². The van der Waals surface area contributed by atoms with E-state index in [1.807, 2.05) is 0 Å². The van der Waals surface area contributed by atoms with E-state index in [0.717, 1.165) is 16.4 Å². The Kier molecular flexibility index (Phi) is 5.03. The van der Waals surface area contributed by atoms with Crippen molar-refractivity contribution in [3.8, 4) is 5.75 Å². The fraction of sp³-hybridized carbons (Fsp3) is 0.455. The Hall–Kier alpha value is -1.71. The van der Waals surface area contributed by atoms with Crippen molar-refractivity contribution >= 4 is 15.7 Å². The molecule has 0 radical (unpaired) electrons. The van der Waals surface area contributed by atoms with Gasteiger partial charge in [0, 0.05) is 31.8 Å². The van der Waals surface area contributed by atoms with Crippen molar-refractivity contribution in [2.24, 2.45) is 5.73 Å². The molecule has 112 valence electrons. The molecule has 0 aliphatic rings. The van der Waals surface area contributed by atoms with Crippen LogP contribution in [-0.2, 0) is 10.0 Å². The second-order valence-electron chi connectivity index (χ2n) is 4.20. The summed E-state index contributed by atoms with van der Waals surface area (Å²) < 4.78 is 30.6. The number of nitrogens with zero attached hydrogens (tertiary/aromatic N) is 2. The van der Waals surface area contributed by atoms with Gasteiger partial charge in [-0.15, -0.1) is 0 Å². The average molecular weight is 303 g/mol. The Balaban J connectivity index is 3.30. The summed E-state index contributed by atoms with van der Waals surface area (Å²) in [5, 5.41) is 10.8. The fourth-order valence-electron chi connectivity index (χ4n) is 1.52. The molecule has 1 atom stereocenters. The molecule has 2 N–H and O–H groups in total. The van der Waals surface area contributed by atoms with E-state index in [9.17, 15) is 18.5 Å². The highest BCUT2D eigenvalue weighted by atomic mass is 32.2. The van der Waals surface area contributed by atoms with Crippen LogP contribution in [-0.4, -0.2) is 44.4 Å². The number of likely N-dealkylation sites (N-methyl/N-ethyl adjacent to an activating group) is 1. The first kappa shape index (κ1) is 16.3. The van der Waals surface area contributed by atoms with Crippen LogP contribution in [0.2, 0.25) is 0 Å². The van der Waals surface area contributed by atoms with Crippen LogP contribution in [0.5, 0.6) is 5.75 Å². The van der Waals surface area contributed by atoms with E-state index in [0.29, 0.717) is 0 Å². The Bertz CT molecular complexity index is 602. The molecule has 0 heterocycles. The standard InChI is InChI=1S/C11H17N3O5S/c1-8(7-12)13(2)20(17,18)9-4-5-10(14(15)16)11(6-9)19-3/h4-6,8H,7,12H2,1-3H3. The molecular formula is C11H17N3O5S. The minimum atomic E-state index is -3.77. The second-order valence-corrected chi connectivity index (χ2v) is 6.19. The Morgan fingerprint density at radius 1 is 1.50 bits per heavy atom. The summed E-state index contributed by atoms with van der Waals surface area (Å²) in [7, 11) is -1.13. The van der Waals surface area contributed by atoms with Crippen LogP contribution in [0.3, 0.4) is 0 Å². The van der Waals surface area contributed by atoms with Gasteiger partial charge < -0.3 is 10.5 Å². The Morgan fingerprint density at radius 3 is 2.55 bits per heavy atom. The molecule has 8 nitrogen and oxygen atoms in total. The van der Waals surface area contributed by atoms with Crippen molar-refractivity contribution in [3.05, 3.63) is 28.3 Å². The van der Waals surface area contributed by atoms with Crippen molar-refractivity contribution in [1.29, 1.82) is 0 Å². The third kappa shape index (κ3) is 3.06. The summed E-state index contributed by atoms with van der Waals surface area (Å²) in [4.78, 5) is 10.1. The lowest BCUT2D eigenvalue weighted by atomic mass is 10.3. The van der Waals surface area contributed by atoms with Crippen LogP contribution in [0.25, 0.3) is 0 Å². The highest BCUT2D eigenvalue weighted by molar-refractivity contribution is 7.89. The van der Waals surface area contributed by atoms with Crippen molar-refractivity contribution in [2.45, 2.75) is 17.9 Å². The zero-order valence-electron chi connectivity index (χ0n) is 11.4.